The number of para-hydroxylation sites is 1. The van der Waals surface area contributed by atoms with Gasteiger partial charge in [0, 0.05) is 25.8 Å². The topological polar surface area (TPSA) is 52.2 Å². The Morgan fingerprint density at radius 2 is 1.73 bits per heavy atom. The van der Waals surface area contributed by atoms with Gasteiger partial charge in [-0.15, -0.1) is 13.2 Å². The summed E-state index contributed by atoms with van der Waals surface area (Å²) in [4.78, 5) is 2.38. The minimum Gasteiger partial charge on any atom is -0.496 e. The van der Waals surface area contributed by atoms with E-state index in [1.807, 2.05) is 30.3 Å². The monoisotopic (exact) mass is 524 g/mol. The fourth-order valence-electron chi connectivity index (χ4n) is 5.12. The molecule has 0 radical (unpaired) electrons. The molecule has 6 nitrogen and oxygen atoms in total. The Bertz CT molecular complexity index is 916. The standard InChI is InChI=1S/C28H39F3N2O4/c1-34-20-22(35-2)14-9-10-18-33-19-11-16-24(26(33)21-12-5-4-6-13-21)32-27(37-28(29,30)31)23-15-7-8-17-25(23)36-3/h4-8,12-13,15,17,22,24,26-27,32H,9-11,14,16,18-20H2,1-3H3/t22?,24-,26-,27?/m0/s1. The maximum atomic E-state index is 13.5. The number of piperidine rings is 1. The molecule has 9 heteroatoms. The van der Waals surface area contributed by atoms with Crippen LogP contribution in [0.3, 0.4) is 0 Å². The van der Waals surface area contributed by atoms with E-state index in [0.717, 1.165) is 50.8 Å². The number of ether oxygens (including phenoxy) is 4. The van der Waals surface area contributed by atoms with Crippen LogP contribution in [0, 0.1) is 0 Å². The highest BCUT2D eigenvalue weighted by molar-refractivity contribution is 5.35. The van der Waals surface area contributed by atoms with Gasteiger partial charge in [-0.25, -0.2) is 0 Å². The Balaban J connectivity index is 1.80. The van der Waals surface area contributed by atoms with Gasteiger partial charge in [0.25, 0.3) is 0 Å². The van der Waals surface area contributed by atoms with E-state index in [1.165, 1.54) is 7.11 Å². The van der Waals surface area contributed by atoms with Crippen molar-refractivity contribution in [1.29, 1.82) is 0 Å². The molecule has 2 aromatic carbocycles. The lowest BCUT2D eigenvalue weighted by Gasteiger charge is -2.43. The van der Waals surface area contributed by atoms with Crippen molar-refractivity contribution in [3.05, 3.63) is 65.7 Å². The zero-order valence-corrected chi connectivity index (χ0v) is 21.9. The number of hydrogen-bond acceptors (Lipinski definition) is 6. The van der Waals surface area contributed by atoms with E-state index in [0.29, 0.717) is 17.9 Å². The molecule has 1 aliphatic rings. The fraction of sp³-hybridized carbons (Fsp3) is 0.571. The summed E-state index contributed by atoms with van der Waals surface area (Å²) in [6, 6.07) is 16.3. The Labute approximate surface area is 218 Å². The van der Waals surface area contributed by atoms with Crippen molar-refractivity contribution in [2.24, 2.45) is 0 Å². The predicted octanol–water partition coefficient (Wildman–Crippen LogP) is 5.86. The lowest BCUT2D eigenvalue weighted by atomic mass is 9.89. The van der Waals surface area contributed by atoms with Crippen molar-refractivity contribution < 1.29 is 32.1 Å². The average Bonchev–Trinajstić information content (AvgIpc) is 2.89. The molecule has 2 aromatic rings. The molecule has 1 saturated heterocycles. The summed E-state index contributed by atoms with van der Waals surface area (Å²) in [5.74, 6) is 0.344. The van der Waals surface area contributed by atoms with Crippen LogP contribution in [0.15, 0.2) is 54.6 Å². The second-order valence-electron chi connectivity index (χ2n) is 9.30. The number of hydrogen-bond donors (Lipinski definition) is 1. The van der Waals surface area contributed by atoms with Gasteiger partial charge >= 0.3 is 6.36 Å². The van der Waals surface area contributed by atoms with Crippen LogP contribution >= 0.6 is 0 Å². The second kappa shape index (κ2) is 14.7. The maximum Gasteiger partial charge on any atom is 0.524 e. The molecular weight excluding hydrogens is 485 g/mol. The number of nitrogens with one attached hydrogen (secondary N) is 1. The van der Waals surface area contributed by atoms with E-state index in [-0.39, 0.29) is 18.2 Å². The normalized spacial score (nSPS) is 20.5. The van der Waals surface area contributed by atoms with Gasteiger partial charge in [-0.3, -0.25) is 15.0 Å². The quantitative estimate of drug-likeness (QED) is 0.247. The van der Waals surface area contributed by atoms with E-state index in [4.69, 9.17) is 14.2 Å². The number of likely N-dealkylation sites (tertiary alicyclic amines) is 1. The summed E-state index contributed by atoms with van der Waals surface area (Å²) in [5.41, 5.74) is 1.38. The molecule has 1 heterocycles. The Morgan fingerprint density at radius 3 is 2.41 bits per heavy atom. The number of unbranched alkanes of at least 4 members (excludes halogenated alkanes) is 1. The molecule has 0 aliphatic carbocycles. The highest BCUT2D eigenvalue weighted by Crippen LogP contribution is 2.37. The van der Waals surface area contributed by atoms with Crippen LogP contribution in [0.25, 0.3) is 0 Å². The van der Waals surface area contributed by atoms with Gasteiger partial charge in [0.15, 0.2) is 0 Å². The van der Waals surface area contributed by atoms with E-state index >= 15 is 0 Å². The van der Waals surface area contributed by atoms with Crippen molar-refractivity contribution in [2.45, 2.75) is 62.9 Å². The average molecular weight is 525 g/mol. The second-order valence-corrected chi connectivity index (χ2v) is 9.30. The molecule has 3 rings (SSSR count). The molecule has 0 amide bonds. The van der Waals surface area contributed by atoms with Crippen LogP contribution in [-0.2, 0) is 14.2 Å². The Morgan fingerprint density at radius 1 is 1.00 bits per heavy atom. The van der Waals surface area contributed by atoms with Crippen molar-refractivity contribution >= 4 is 0 Å². The van der Waals surface area contributed by atoms with Crippen molar-refractivity contribution in [3.63, 3.8) is 0 Å². The molecule has 206 valence electrons. The zero-order chi connectivity index (χ0) is 26.7. The summed E-state index contributed by atoms with van der Waals surface area (Å²) < 4.78 is 61.2. The molecule has 1 fully saturated rings. The number of rotatable bonds is 14. The van der Waals surface area contributed by atoms with Gasteiger partial charge in [-0.05, 0) is 56.8 Å². The van der Waals surface area contributed by atoms with Crippen LogP contribution in [0.2, 0.25) is 0 Å². The highest BCUT2D eigenvalue weighted by atomic mass is 19.4. The van der Waals surface area contributed by atoms with Crippen LogP contribution in [0.4, 0.5) is 13.2 Å². The van der Waals surface area contributed by atoms with E-state index < -0.39 is 12.6 Å². The molecule has 1 N–H and O–H groups in total. The van der Waals surface area contributed by atoms with Gasteiger partial charge < -0.3 is 14.2 Å². The summed E-state index contributed by atoms with van der Waals surface area (Å²) in [6.45, 7) is 2.27. The third kappa shape index (κ3) is 8.97. The maximum absolute atomic E-state index is 13.5. The summed E-state index contributed by atoms with van der Waals surface area (Å²) in [5, 5.41) is 3.22. The van der Waals surface area contributed by atoms with Gasteiger partial charge in [0.05, 0.1) is 25.9 Å². The van der Waals surface area contributed by atoms with Gasteiger partial charge in [-0.1, -0.05) is 48.5 Å². The molecule has 0 aromatic heterocycles. The fourth-order valence-corrected chi connectivity index (χ4v) is 5.12. The summed E-state index contributed by atoms with van der Waals surface area (Å²) in [7, 11) is 4.80. The first kappa shape index (κ1) is 29.4. The van der Waals surface area contributed by atoms with E-state index in [2.05, 4.69) is 15.0 Å². The van der Waals surface area contributed by atoms with E-state index in [1.54, 1.807) is 38.5 Å². The molecule has 0 saturated carbocycles. The molecular formula is C28H39F3N2O4. The SMILES string of the molecule is COCC(CCCCN1CCC[C@H](NC(OC(F)(F)F)c2ccccc2OC)[C@@H]1c1ccccc1)OC. The first-order valence-corrected chi connectivity index (χ1v) is 12.8. The Hall–Kier alpha value is -2.17. The van der Waals surface area contributed by atoms with Crippen molar-refractivity contribution in [1.82, 2.24) is 10.2 Å². The Kier molecular flexibility index (Phi) is 11.7. The first-order chi connectivity index (χ1) is 17.9. The molecule has 37 heavy (non-hydrogen) atoms. The lowest BCUT2D eigenvalue weighted by molar-refractivity contribution is -0.350. The smallest absolute Gasteiger partial charge is 0.496 e. The van der Waals surface area contributed by atoms with Crippen LogP contribution < -0.4 is 10.1 Å². The number of halogens is 3. The number of methoxy groups -OCH3 is 3. The number of alkyl halides is 3. The van der Waals surface area contributed by atoms with Crippen LogP contribution in [-0.4, -0.2) is 64.4 Å². The number of benzene rings is 2. The lowest BCUT2D eigenvalue weighted by Crippen LogP contribution is -2.50. The van der Waals surface area contributed by atoms with Crippen LogP contribution in [0.5, 0.6) is 5.75 Å². The summed E-state index contributed by atoms with van der Waals surface area (Å²) in [6.07, 6.45) is -1.73. The molecule has 0 spiro atoms. The highest BCUT2D eigenvalue weighted by Gasteiger charge is 2.39. The largest absolute Gasteiger partial charge is 0.524 e. The van der Waals surface area contributed by atoms with Crippen molar-refractivity contribution in [3.8, 4) is 5.75 Å². The predicted molar refractivity (Wildman–Crippen MR) is 136 cm³/mol. The van der Waals surface area contributed by atoms with E-state index in [9.17, 15) is 13.2 Å². The third-order valence-corrected chi connectivity index (χ3v) is 6.82. The minimum absolute atomic E-state index is 0.0619. The molecule has 0 bridgehead atoms. The molecule has 1 aliphatic heterocycles. The first-order valence-electron chi connectivity index (χ1n) is 12.8. The number of nitrogens with zero attached hydrogens (tertiary/aromatic N) is 1. The van der Waals surface area contributed by atoms with Crippen molar-refractivity contribution in [2.75, 3.05) is 41.0 Å². The minimum atomic E-state index is -4.81. The van der Waals surface area contributed by atoms with Gasteiger partial charge in [0.1, 0.15) is 12.0 Å². The third-order valence-electron chi connectivity index (χ3n) is 6.82. The summed E-state index contributed by atoms with van der Waals surface area (Å²) >= 11 is 0. The molecule has 4 atom stereocenters. The molecule has 2 unspecified atom stereocenters. The van der Waals surface area contributed by atoms with Gasteiger partial charge in [0.2, 0.25) is 0 Å². The zero-order valence-electron chi connectivity index (χ0n) is 21.9. The van der Waals surface area contributed by atoms with Crippen LogP contribution in [0.1, 0.15) is 55.5 Å². The van der Waals surface area contributed by atoms with Gasteiger partial charge in [-0.2, -0.15) is 0 Å².